The maximum atomic E-state index is 12.3. The topological polar surface area (TPSA) is 50.4 Å². The molecule has 0 radical (unpaired) electrons. The van der Waals surface area contributed by atoms with Crippen LogP contribution < -0.4 is 15.6 Å². The van der Waals surface area contributed by atoms with E-state index in [9.17, 15) is 4.79 Å². The minimum Gasteiger partial charge on any atom is -0.496 e. The molecule has 0 heterocycles. The Balaban J connectivity index is 2.77. The predicted octanol–water partition coefficient (Wildman–Crippen LogP) is 3.45. The summed E-state index contributed by atoms with van der Waals surface area (Å²) >= 11 is 0. The average molecular weight is 292 g/mol. The molecule has 0 saturated carbocycles. The second kappa shape index (κ2) is 7.46. The summed E-state index contributed by atoms with van der Waals surface area (Å²) in [6.45, 7) is 10.5. The van der Waals surface area contributed by atoms with Crippen molar-refractivity contribution in [3.05, 3.63) is 29.3 Å². The zero-order chi connectivity index (χ0) is 16.0. The Morgan fingerprint density at radius 1 is 1.33 bits per heavy atom. The van der Waals surface area contributed by atoms with E-state index in [1.807, 2.05) is 19.1 Å². The lowest BCUT2D eigenvalue weighted by Crippen LogP contribution is -2.50. The van der Waals surface area contributed by atoms with Gasteiger partial charge in [-0.05, 0) is 30.9 Å². The zero-order valence-corrected chi connectivity index (χ0v) is 14.0. The average Bonchev–Trinajstić information content (AvgIpc) is 2.42. The van der Waals surface area contributed by atoms with Gasteiger partial charge in [0, 0.05) is 17.2 Å². The second-order valence-corrected chi connectivity index (χ2v) is 6.44. The van der Waals surface area contributed by atoms with Crippen LogP contribution in [0.5, 0.6) is 5.75 Å². The van der Waals surface area contributed by atoms with Crippen molar-refractivity contribution in [2.75, 3.05) is 7.11 Å². The molecule has 118 valence electrons. The third-order valence-electron chi connectivity index (χ3n) is 3.73. The van der Waals surface area contributed by atoms with Gasteiger partial charge in [-0.2, -0.15) is 0 Å². The SMILES string of the molecule is CCC[C@@H](NNC(=O)c1cccc(OC)c1C)C(C)(C)C. The molecule has 4 heteroatoms. The van der Waals surface area contributed by atoms with Crippen molar-refractivity contribution < 1.29 is 9.53 Å². The third-order valence-corrected chi connectivity index (χ3v) is 3.73. The summed E-state index contributed by atoms with van der Waals surface area (Å²) in [5.41, 5.74) is 7.59. The monoisotopic (exact) mass is 292 g/mol. The van der Waals surface area contributed by atoms with Crippen LogP contribution in [0, 0.1) is 12.3 Å². The van der Waals surface area contributed by atoms with Gasteiger partial charge in [0.2, 0.25) is 0 Å². The first kappa shape index (κ1) is 17.5. The summed E-state index contributed by atoms with van der Waals surface area (Å²) in [5.74, 6) is 0.598. The highest BCUT2D eigenvalue weighted by Crippen LogP contribution is 2.23. The van der Waals surface area contributed by atoms with E-state index < -0.39 is 0 Å². The van der Waals surface area contributed by atoms with Gasteiger partial charge in [-0.3, -0.25) is 10.2 Å². The maximum Gasteiger partial charge on any atom is 0.265 e. The molecule has 0 saturated heterocycles. The van der Waals surface area contributed by atoms with E-state index in [4.69, 9.17) is 4.74 Å². The van der Waals surface area contributed by atoms with Crippen LogP contribution >= 0.6 is 0 Å². The number of hydrogen-bond donors (Lipinski definition) is 2. The molecule has 0 aromatic heterocycles. The molecule has 0 fully saturated rings. The number of ether oxygens (including phenoxy) is 1. The number of hydrogen-bond acceptors (Lipinski definition) is 3. The molecule has 1 rings (SSSR count). The lowest BCUT2D eigenvalue weighted by molar-refractivity contribution is 0.0903. The van der Waals surface area contributed by atoms with E-state index in [1.54, 1.807) is 13.2 Å². The Morgan fingerprint density at radius 2 is 2.00 bits per heavy atom. The van der Waals surface area contributed by atoms with Crippen molar-refractivity contribution in [2.45, 2.75) is 53.5 Å². The molecule has 1 aromatic carbocycles. The van der Waals surface area contributed by atoms with Crippen LogP contribution in [0.3, 0.4) is 0 Å². The summed E-state index contributed by atoms with van der Waals surface area (Å²) in [7, 11) is 1.61. The predicted molar refractivity (Wildman–Crippen MR) is 86.5 cm³/mol. The molecule has 0 bridgehead atoms. The van der Waals surface area contributed by atoms with E-state index in [-0.39, 0.29) is 17.4 Å². The molecule has 4 nitrogen and oxygen atoms in total. The Kier molecular flexibility index (Phi) is 6.21. The Bertz CT molecular complexity index is 478. The first-order chi connectivity index (χ1) is 9.81. The van der Waals surface area contributed by atoms with Crippen molar-refractivity contribution in [1.29, 1.82) is 0 Å². The fraction of sp³-hybridized carbons (Fsp3) is 0.588. The lowest BCUT2D eigenvalue weighted by Gasteiger charge is -2.31. The normalized spacial score (nSPS) is 12.9. The standard InChI is InChI=1S/C17H28N2O2/c1-7-9-15(17(3,4)5)18-19-16(20)13-10-8-11-14(21-6)12(13)2/h8,10-11,15,18H,7,9H2,1-6H3,(H,19,20)/t15-/m1/s1. The number of nitrogens with one attached hydrogen (secondary N) is 2. The molecule has 0 unspecified atom stereocenters. The molecule has 0 spiro atoms. The third kappa shape index (κ3) is 4.74. The van der Waals surface area contributed by atoms with Gasteiger partial charge in [0.1, 0.15) is 5.75 Å². The Labute approximate surface area is 128 Å². The van der Waals surface area contributed by atoms with Crippen molar-refractivity contribution in [3.8, 4) is 5.75 Å². The van der Waals surface area contributed by atoms with E-state index in [0.717, 1.165) is 24.2 Å². The number of hydrazine groups is 1. The molecular formula is C17H28N2O2. The van der Waals surface area contributed by atoms with Crippen LogP contribution in [0.25, 0.3) is 0 Å². The minimum absolute atomic E-state index is 0.0900. The molecule has 0 aliphatic rings. The summed E-state index contributed by atoms with van der Waals surface area (Å²) in [6.07, 6.45) is 2.09. The van der Waals surface area contributed by atoms with Crippen molar-refractivity contribution in [1.82, 2.24) is 10.9 Å². The smallest absolute Gasteiger partial charge is 0.265 e. The Morgan fingerprint density at radius 3 is 2.52 bits per heavy atom. The quantitative estimate of drug-likeness (QED) is 0.790. The van der Waals surface area contributed by atoms with Gasteiger partial charge in [-0.15, -0.1) is 0 Å². The molecule has 0 aliphatic heterocycles. The number of carbonyl (C=O) groups is 1. The molecular weight excluding hydrogens is 264 g/mol. The number of methoxy groups -OCH3 is 1. The van der Waals surface area contributed by atoms with Crippen molar-refractivity contribution in [3.63, 3.8) is 0 Å². The number of carbonyl (C=O) groups excluding carboxylic acids is 1. The lowest BCUT2D eigenvalue weighted by atomic mass is 9.84. The van der Waals surface area contributed by atoms with E-state index in [2.05, 4.69) is 38.5 Å². The maximum absolute atomic E-state index is 12.3. The molecule has 0 aliphatic carbocycles. The highest BCUT2D eigenvalue weighted by molar-refractivity contribution is 5.95. The largest absolute Gasteiger partial charge is 0.496 e. The zero-order valence-electron chi connectivity index (χ0n) is 14.0. The minimum atomic E-state index is -0.128. The molecule has 1 aromatic rings. The number of benzene rings is 1. The van der Waals surface area contributed by atoms with E-state index in [0.29, 0.717) is 5.56 Å². The summed E-state index contributed by atoms with van der Waals surface area (Å²) in [4.78, 5) is 12.3. The van der Waals surface area contributed by atoms with Crippen LogP contribution in [0.2, 0.25) is 0 Å². The van der Waals surface area contributed by atoms with Crippen LogP contribution in [0.1, 0.15) is 56.5 Å². The van der Waals surface area contributed by atoms with Gasteiger partial charge in [-0.1, -0.05) is 40.2 Å². The molecule has 1 amide bonds. The van der Waals surface area contributed by atoms with Gasteiger partial charge in [0.15, 0.2) is 0 Å². The van der Waals surface area contributed by atoms with Crippen molar-refractivity contribution in [2.24, 2.45) is 5.41 Å². The summed E-state index contributed by atoms with van der Waals surface area (Å²) in [5, 5.41) is 0. The van der Waals surface area contributed by atoms with Gasteiger partial charge < -0.3 is 4.74 Å². The fourth-order valence-electron chi connectivity index (χ4n) is 2.31. The number of rotatable bonds is 6. The first-order valence-corrected chi connectivity index (χ1v) is 7.50. The van der Waals surface area contributed by atoms with Gasteiger partial charge in [-0.25, -0.2) is 5.43 Å². The molecule has 1 atom stereocenters. The second-order valence-electron chi connectivity index (χ2n) is 6.44. The van der Waals surface area contributed by atoms with Crippen LogP contribution in [-0.4, -0.2) is 19.1 Å². The van der Waals surface area contributed by atoms with E-state index in [1.165, 1.54) is 0 Å². The molecule has 21 heavy (non-hydrogen) atoms. The van der Waals surface area contributed by atoms with E-state index >= 15 is 0 Å². The highest BCUT2D eigenvalue weighted by Gasteiger charge is 2.24. The Hall–Kier alpha value is -1.55. The number of amides is 1. The summed E-state index contributed by atoms with van der Waals surface area (Å²) in [6, 6.07) is 5.72. The van der Waals surface area contributed by atoms with Gasteiger partial charge in [0.25, 0.3) is 5.91 Å². The fourth-order valence-corrected chi connectivity index (χ4v) is 2.31. The van der Waals surface area contributed by atoms with Crippen LogP contribution in [-0.2, 0) is 0 Å². The van der Waals surface area contributed by atoms with Crippen molar-refractivity contribution >= 4 is 5.91 Å². The van der Waals surface area contributed by atoms with Crippen LogP contribution in [0.4, 0.5) is 0 Å². The van der Waals surface area contributed by atoms with Crippen LogP contribution in [0.15, 0.2) is 18.2 Å². The van der Waals surface area contributed by atoms with Gasteiger partial charge >= 0.3 is 0 Å². The highest BCUT2D eigenvalue weighted by atomic mass is 16.5. The molecule has 2 N–H and O–H groups in total. The van der Waals surface area contributed by atoms with Gasteiger partial charge in [0.05, 0.1) is 7.11 Å². The summed E-state index contributed by atoms with van der Waals surface area (Å²) < 4.78 is 5.25. The first-order valence-electron chi connectivity index (χ1n) is 7.50.